The summed E-state index contributed by atoms with van der Waals surface area (Å²) < 4.78 is 10.2. The zero-order chi connectivity index (χ0) is 15.2. The maximum absolute atomic E-state index is 11.3. The summed E-state index contributed by atoms with van der Waals surface area (Å²) in [7, 11) is 1.46. The number of carbonyl (C=O) groups is 1. The number of benzene rings is 2. The molecule has 110 valence electrons. The Morgan fingerprint density at radius 1 is 1.19 bits per heavy atom. The lowest BCUT2D eigenvalue weighted by Crippen LogP contribution is -2.08. The zero-order valence-corrected chi connectivity index (χ0v) is 12.1. The van der Waals surface area contributed by atoms with Crippen molar-refractivity contribution < 1.29 is 19.4 Å². The molecule has 0 saturated carbocycles. The first-order chi connectivity index (χ1) is 10.1. The number of carboxylic acid groups (broad SMARTS) is 1. The van der Waals surface area contributed by atoms with Crippen molar-refractivity contribution >= 4 is 28.9 Å². The van der Waals surface area contributed by atoms with Crippen molar-refractivity contribution in [2.75, 3.05) is 19.2 Å². The molecule has 0 atom stereocenters. The molecule has 0 aliphatic rings. The van der Waals surface area contributed by atoms with Crippen molar-refractivity contribution in [1.82, 2.24) is 0 Å². The van der Waals surface area contributed by atoms with E-state index in [9.17, 15) is 9.90 Å². The molecular formula is C15H14ClNO4. The number of hydrogen-bond acceptors (Lipinski definition) is 4. The van der Waals surface area contributed by atoms with Gasteiger partial charge in [-0.05, 0) is 24.3 Å². The molecule has 0 aromatic heterocycles. The third-order valence-corrected chi connectivity index (χ3v) is 3.04. The number of methoxy groups -OCH3 is 1. The first-order valence-corrected chi connectivity index (χ1v) is 6.51. The largest absolute Gasteiger partial charge is 0.478 e. The van der Waals surface area contributed by atoms with E-state index in [-0.39, 0.29) is 18.1 Å². The Bertz CT molecular complexity index is 645. The van der Waals surface area contributed by atoms with Crippen LogP contribution >= 0.6 is 11.6 Å². The van der Waals surface area contributed by atoms with Crippen molar-refractivity contribution in [2.24, 2.45) is 0 Å². The molecule has 2 aromatic carbocycles. The van der Waals surface area contributed by atoms with E-state index >= 15 is 0 Å². The van der Waals surface area contributed by atoms with Gasteiger partial charge < -0.3 is 19.9 Å². The molecule has 0 bridgehead atoms. The van der Waals surface area contributed by atoms with Crippen LogP contribution in [0.5, 0.6) is 5.75 Å². The van der Waals surface area contributed by atoms with Gasteiger partial charge in [0.15, 0.2) is 12.5 Å². The summed E-state index contributed by atoms with van der Waals surface area (Å²) in [5.74, 6) is -0.879. The standard InChI is InChI=1S/C15H14ClNO4/c1-20-9-21-14-10(15(18)19)5-4-8-13(14)17-12-7-3-2-6-11(12)16/h2-8,17H,9H2,1H3,(H,18,19). The van der Waals surface area contributed by atoms with Gasteiger partial charge in [0, 0.05) is 7.11 Å². The van der Waals surface area contributed by atoms with Crippen molar-refractivity contribution in [3.05, 3.63) is 53.1 Å². The monoisotopic (exact) mass is 307 g/mol. The summed E-state index contributed by atoms with van der Waals surface area (Å²) >= 11 is 6.09. The Hall–Kier alpha value is -2.24. The molecule has 0 unspecified atom stereocenters. The van der Waals surface area contributed by atoms with Crippen LogP contribution in [0.2, 0.25) is 5.02 Å². The number of rotatable bonds is 6. The number of nitrogens with one attached hydrogen (secondary N) is 1. The number of carboxylic acids is 1. The SMILES string of the molecule is COCOc1c(Nc2ccccc2Cl)cccc1C(=O)O. The van der Waals surface area contributed by atoms with Crippen molar-refractivity contribution in [3.63, 3.8) is 0 Å². The number of halogens is 1. The van der Waals surface area contributed by atoms with Gasteiger partial charge in [-0.25, -0.2) is 4.79 Å². The Labute approximate surface area is 127 Å². The summed E-state index contributed by atoms with van der Waals surface area (Å²) in [6, 6.07) is 12.0. The Morgan fingerprint density at radius 3 is 2.57 bits per heavy atom. The fourth-order valence-corrected chi connectivity index (χ4v) is 1.97. The molecule has 2 N–H and O–H groups in total. The zero-order valence-electron chi connectivity index (χ0n) is 11.3. The number of anilines is 2. The van der Waals surface area contributed by atoms with Gasteiger partial charge in [-0.3, -0.25) is 0 Å². The number of aromatic carboxylic acids is 1. The maximum Gasteiger partial charge on any atom is 0.339 e. The van der Waals surface area contributed by atoms with E-state index in [2.05, 4.69) is 5.32 Å². The second kappa shape index (κ2) is 6.97. The lowest BCUT2D eigenvalue weighted by Gasteiger charge is -2.15. The molecule has 0 fully saturated rings. The highest BCUT2D eigenvalue weighted by molar-refractivity contribution is 6.33. The van der Waals surface area contributed by atoms with E-state index in [0.717, 1.165) is 0 Å². The van der Waals surface area contributed by atoms with E-state index in [1.165, 1.54) is 13.2 Å². The molecule has 5 nitrogen and oxygen atoms in total. The Kier molecular flexibility index (Phi) is 5.03. The van der Waals surface area contributed by atoms with Gasteiger partial charge in [-0.15, -0.1) is 0 Å². The Morgan fingerprint density at radius 2 is 1.90 bits per heavy atom. The predicted octanol–water partition coefficient (Wildman–Crippen LogP) is 3.76. The number of ether oxygens (including phenoxy) is 2. The molecule has 6 heteroatoms. The lowest BCUT2D eigenvalue weighted by atomic mass is 10.1. The van der Waals surface area contributed by atoms with Gasteiger partial charge in [0.1, 0.15) is 5.56 Å². The first kappa shape index (κ1) is 15.2. The molecule has 0 spiro atoms. The average Bonchev–Trinajstić information content (AvgIpc) is 2.48. The van der Waals surface area contributed by atoms with E-state index in [1.54, 1.807) is 24.3 Å². The van der Waals surface area contributed by atoms with Gasteiger partial charge >= 0.3 is 5.97 Å². The maximum atomic E-state index is 11.3. The van der Waals surface area contributed by atoms with Crippen LogP contribution < -0.4 is 10.1 Å². The summed E-state index contributed by atoms with van der Waals surface area (Å²) in [6.07, 6.45) is 0. The molecule has 0 saturated heterocycles. The number of hydrogen-bond donors (Lipinski definition) is 2. The van der Waals surface area contributed by atoms with Gasteiger partial charge in [0.2, 0.25) is 0 Å². The highest BCUT2D eigenvalue weighted by Gasteiger charge is 2.16. The van der Waals surface area contributed by atoms with E-state index < -0.39 is 5.97 Å². The van der Waals surface area contributed by atoms with Crippen LogP contribution in [0.4, 0.5) is 11.4 Å². The Balaban J connectivity index is 2.40. The van der Waals surface area contributed by atoms with Gasteiger partial charge in [-0.1, -0.05) is 29.8 Å². The minimum atomic E-state index is -1.08. The van der Waals surface area contributed by atoms with Crippen LogP contribution in [0.1, 0.15) is 10.4 Å². The van der Waals surface area contributed by atoms with E-state index in [1.807, 2.05) is 12.1 Å². The minimum absolute atomic E-state index is 0.0455. The van der Waals surface area contributed by atoms with Crippen LogP contribution in [0.15, 0.2) is 42.5 Å². The summed E-state index contributed by atoms with van der Waals surface area (Å²) in [6.45, 7) is -0.0541. The highest BCUT2D eigenvalue weighted by Crippen LogP contribution is 2.33. The van der Waals surface area contributed by atoms with Crippen LogP contribution in [0, 0.1) is 0 Å². The topological polar surface area (TPSA) is 67.8 Å². The highest BCUT2D eigenvalue weighted by atomic mass is 35.5. The summed E-state index contributed by atoms with van der Waals surface area (Å²) in [5, 5.41) is 12.8. The molecule has 0 aliphatic heterocycles. The molecule has 21 heavy (non-hydrogen) atoms. The normalized spacial score (nSPS) is 10.2. The molecule has 0 radical (unpaired) electrons. The lowest BCUT2D eigenvalue weighted by molar-refractivity contribution is 0.0488. The molecule has 2 rings (SSSR count). The molecule has 0 amide bonds. The van der Waals surface area contributed by atoms with Crippen LogP contribution in [0.25, 0.3) is 0 Å². The fourth-order valence-electron chi connectivity index (χ4n) is 1.78. The summed E-state index contributed by atoms with van der Waals surface area (Å²) in [4.78, 5) is 11.3. The number of para-hydroxylation sites is 2. The van der Waals surface area contributed by atoms with Gasteiger partial charge in [-0.2, -0.15) is 0 Å². The fraction of sp³-hybridized carbons (Fsp3) is 0.133. The second-order valence-corrected chi connectivity index (χ2v) is 4.55. The third-order valence-electron chi connectivity index (χ3n) is 2.71. The van der Waals surface area contributed by atoms with Crippen LogP contribution in [0.3, 0.4) is 0 Å². The van der Waals surface area contributed by atoms with Gasteiger partial charge in [0.25, 0.3) is 0 Å². The molecule has 0 heterocycles. The first-order valence-electron chi connectivity index (χ1n) is 6.13. The van der Waals surface area contributed by atoms with Gasteiger partial charge in [0.05, 0.1) is 16.4 Å². The summed E-state index contributed by atoms with van der Waals surface area (Å²) in [5.41, 5.74) is 1.20. The quantitative estimate of drug-likeness (QED) is 0.795. The van der Waals surface area contributed by atoms with Crippen LogP contribution in [-0.4, -0.2) is 25.0 Å². The smallest absolute Gasteiger partial charge is 0.339 e. The second-order valence-electron chi connectivity index (χ2n) is 4.14. The molecule has 0 aliphatic carbocycles. The minimum Gasteiger partial charge on any atom is -0.478 e. The van der Waals surface area contributed by atoms with Crippen molar-refractivity contribution in [1.29, 1.82) is 0 Å². The van der Waals surface area contributed by atoms with Crippen molar-refractivity contribution in [3.8, 4) is 5.75 Å². The average molecular weight is 308 g/mol. The molecular weight excluding hydrogens is 294 g/mol. The van der Waals surface area contributed by atoms with Crippen molar-refractivity contribution in [2.45, 2.75) is 0 Å². The van der Waals surface area contributed by atoms with Crippen LogP contribution in [-0.2, 0) is 4.74 Å². The third kappa shape index (κ3) is 3.65. The predicted molar refractivity (Wildman–Crippen MR) is 80.6 cm³/mol. The van der Waals surface area contributed by atoms with E-state index in [0.29, 0.717) is 16.4 Å². The van der Waals surface area contributed by atoms with E-state index in [4.69, 9.17) is 21.1 Å². The molecule has 2 aromatic rings.